The Kier molecular flexibility index (Phi) is 2.89. The Labute approximate surface area is 101 Å². The van der Waals surface area contributed by atoms with Crippen molar-refractivity contribution in [1.82, 2.24) is 4.90 Å². The lowest BCUT2D eigenvalue weighted by atomic mass is 9.89. The van der Waals surface area contributed by atoms with Crippen LogP contribution in [0.2, 0.25) is 0 Å². The second kappa shape index (κ2) is 3.98. The molecule has 2 aliphatic rings. The van der Waals surface area contributed by atoms with Crippen molar-refractivity contribution in [2.45, 2.75) is 51.3 Å². The number of ether oxygens (including phenoxy) is 1. The van der Waals surface area contributed by atoms with E-state index in [4.69, 9.17) is 4.74 Å². The molecule has 1 amide bonds. The van der Waals surface area contributed by atoms with Gasteiger partial charge in [-0.3, -0.25) is 9.69 Å². The number of nitrogens with zero attached hydrogens (tertiary/aromatic N) is 1. The molecular weight excluding hydrogens is 222 g/mol. The second-order valence-electron chi connectivity index (χ2n) is 5.74. The molecule has 2 fully saturated rings. The van der Waals surface area contributed by atoms with E-state index in [1.54, 1.807) is 20.8 Å². The average Bonchev–Trinajstić information content (AvgIpc) is 2.70. The third kappa shape index (κ3) is 2.04. The summed E-state index contributed by atoms with van der Waals surface area (Å²) in [4.78, 5) is 25.4. The van der Waals surface area contributed by atoms with Gasteiger partial charge in [0.2, 0.25) is 0 Å². The SMILES string of the molecule is CC(C)(C)OC(=O)N1[C@@H]2CC[C@H]1[C@H](CO)C2=O. The lowest BCUT2D eigenvalue weighted by molar-refractivity contribution is -0.124. The van der Waals surface area contributed by atoms with Crippen LogP contribution in [0.4, 0.5) is 4.79 Å². The molecule has 0 saturated carbocycles. The van der Waals surface area contributed by atoms with Gasteiger partial charge in [0, 0.05) is 6.04 Å². The molecule has 0 aromatic rings. The minimum atomic E-state index is -0.559. The summed E-state index contributed by atoms with van der Waals surface area (Å²) >= 11 is 0. The van der Waals surface area contributed by atoms with Crippen molar-refractivity contribution in [3.05, 3.63) is 0 Å². The summed E-state index contributed by atoms with van der Waals surface area (Å²) in [5.41, 5.74) is -0.559. The summed E-state index contributed by atoms with van der Waals surface area (Å²) < 4.78 is 5.30. The summed E-state index contributed by atoms with van der Waals surface area (Å²) in [6, 6.07) is -0.556. The van der Waals surface area contributed by atoms with Crippen molar-refractivity contribution in [3.63, 3.8) is 0 Å². The highest BCUT2D eigenvalue weighted by molar-refractivity contribution is 5.94. The minimum absolute atomic E-state index is 0.0189. The maximum Gasteiger partial charge on any atom is 0.411 e. The zero-order chi connectivity index (χ0) is 12.8. The number of Topliss-reactive ketones (excluding diaryl/α,β-unsaturated/α-hetero) is 1. The van der Waals surface area contributed by atoms with Gasteiger partial charge >= 0.3 is 6.09 Å². The van der Waals surface area contributed by atoms with Gasteiger partial charge < -0.3 is 9.84 Å². The largest absolute Gasteiger partial charge is 0.444 e. The van der Waals surface area contributed by atoms with E-state index in [9.17, 15) is 14.7 Å². The number of carbonyl (C=O) groups is 2. The highest BCUT2D eigenvalue weighted by Gasteiger charge is 2.55. The Balaban J connectivity index is 2.13. The summed E-state index contributed by atoms with van der Waals surface area (Å²) in [7, 11) is 0. The van der Waals surface area contributed by atoms with Crippen LogP contribution in [0.15, 0.2) is 0 Å². The average molecular weight is 241 g/mol. The summed E-state index contributed by atoms with van der Waals surface area (Å²) in [6.45, 7) is 5.22. The molecule has 2 heterocycles. The van der Waals surface area contributed by atoms with Gasteiger partial charge in [-0.2, -0.15) is 0 Å². The van der Waals surface area contributed by atoms with E-state index >= 15 is 0 Å². The van der Waals surface area contributed by atoms with E-state index in [-0.39, 0.29) is 24.5 Å². The summed E-state index contributed by atoms with van der Waals surface area (Å²) in [6.07, 6.45) is 1.04. The highest BCUT2D eigenvalue weighted by atomic mass is 16.6. The molecule has 96 valence electrons. The lowest BCUT2D eigenvalue weighted by Gasteiger charge is -2.27. The van der Waals surface area contributed by atoms with Gasteiger partial charge in [0.05, 0.1) is 18.6 Å². The first-order valence-corrected chi connectivity index (χ1v) is 6.01. The molecule has 2 saturated heterocycles. The molecule has 0 aromatic carbocycles. The normalized spacial score (nSPS) is 32.1. The van der Waals surface area contributed by atoms with Crippen LogP contribution < -0.4 is 0 Å². The standard InChI is InChI=1S/C12H19NO4/c1-12(2,3)17-11(16)13-8-4-5-9(13)10(15)7(8)6-14/h7-9,14H,4-6H2,1-3H3/t7-,8-,9+/m0/s1. The molecule has 0 spiro atoms. The number of hydrogen-bond donors (Lipinski definition) is 1. The Morgan fingerprint density at radius 3 is 2.59 bits per heavy atom. The molecular formula is C12H19NO4. The van der Waals surface area contributed by atoms with E-state index in [1.807, 2.05) is 0 Å². The van der Waals surface area contributed by atoms with E-state index in [1.165, 1.54) is 4.90 Å². The Morgan fingerprint density at radius 1 is 1.47 bits per heavy atom. The quantitative estimate of drug-likeness (QED) is 0.742. The van der Waals surface area contributed by atoms with Crippen molar-refractivity contribution in [1.29, 1.82) is 0 Å². The van der Waals surface area contributed by atoms with E-state index in [0.29, 0.717) is 6.42 Å². The van der Waals surface area contributed by atoms with Crippen molar-refractivity contribution < 1.29 is 19.4 Å². The summed E-state index contributed by atoms with van der Waals surface area (Å²) in [5, 5.41) is 9.19. The Hall–Kier alpha value is -1.10. The molecule has 5 nitrogen and oxygen atoms in total. The predicted octanol–water partition coefficient (Wildman–Crippen LogP) is 0.946. The molecule has 0 aromatic heterocycles. The fraction of sp³-hybridized carbons (Fsp3) is 0.833. The van der Waals surface area contributed by atoms with Gasteiger partial charge in [-0.25, -0.2) is 4.79 Å². The lowest BCUT2D eigenvalue weighted by Crippen LogP contribution is -2.41. The first-order chi connectivity index (χ1) is 7.85. The van der Waals surface area contributed by atoms with Crippen LogP contribution in [0, 0.1) is 5.92 Å². The zero-order valence-electron chi connectivity index (χ0n) is 10.5. The maximum atomic E-state index is 12.0. The third-order valence-electron chi connectivity index (χ3n) is 3.39. The Bertz CT molecular complexity index is 347. The first kappa shape index (κ1) is 12.4. The molecule has 0 radical (unpaired) electrons. The summed E-state index contributed by atoms with van der Waals surface area (Å²) in [5.74, 6) is -0.434. The van der Waals surface area contributed by atoms with Crippen LogP contribution in [-0.4, -0.2) is 46.2 Å². The molecule has 2 rings (SSSR count). The number of fused-ring (bicyclic) bond motifs is 2. The number of aliphatic hydroxyl groups excluding tert-OH is 1. The van der Waals surface area contributed by atoms with Crippen molar-refractivity contribution in [3.8, 4) is 0 Å². The number of ketones is 1. The van der Waals surface area contributed by atoms with Crippen LogP contribution in [0.1, 0.15) is 33.6 Å². The number of carbonyl (C=O) groups excluding carboxylic acids is 2. The number of hydrogen-bond acceptors (Lipinski definition) is 4. The topological polar surface area (TPSA) is 66.8 Å². The van der Waals surface area contributed by atoms with E-state index in [0.717, 1.165) is 6.42 Å². The molecule has 5 heteroatoms. The number of amides is 1. The second-order valence-corrected chi connectivity index (χ2v) is 5.74. The molecule has 0 unspecified atom stereocenters. The van der Waals surface area contributed by atoms with Crippen LogP contribution in [-0.2, 0) is 9.53 Å². The zero-order valence-corrected chi connectivity index (χ0v) is 10.5. The van der Waals surface area contributed by atoms with Crippen molar-refractivity contribution in [2.75, 3.05) is 6.61 Å². The van der Waals surface area contributed by atoms with Crippen LogP contribution in [0.5, 0.6) is 0 Å². The van der Waals surface area contributed by atoms with Gasteiger partial charge in [0.15, 0.2) is 5.78 Å². The number of aliphatic hydroxyl groups is 1. The van der Waals surface area contributed by atoms with Crippen molar-refractivity contribution in [2.24, 2.45) is 5.92 Å². The van der Waals surface area contributed by atoms with E-state index in [2.05, 4.69) is 0 Å². The molecule has 3 atom stereocenters. The fourth-order valence-electron chi connectivity index (χ4n) is 2.74. The van der Waals surface area contributed by atoms with Crippen LogP contribution in [0.25, 0.3) is 0 Å². The maximum absolute atomic E-state index is 12.0. The van der Waals surface area contributed by atoms with Gasteiger partial charge in [-0.1, -0.05) is 0 Å². The smallest absolute Gasteiger partial charge is 0.411 e. The van der Waals surface area contributed by atoms with Gasteiger partial charge in [0.25, 0.3) is 0 Å². The van der Waals surface area contributed by atoms with Gasteiger partial charge in [-0.05, 0) is 33.6 Å². The predicted molar refractivity (Wildman–Crippen MR) is 60.5 cm³/mol. The van der Waals surface area contributed by atoms with Crippen LogP contribution in [0.3, 0.4) is 0 Å². The Morgan fingerprint density at radius 2 is 2.12 bits per heavy atom. The first-order valence-electron chi connectivity index (χ1n) is 6.01. The molecule has 0 aliphatic carbocycles. The fourth-order valence-corrected chi connectivity index (χ4v) is 2.74. The van der Waals surface area contributed by atoms with Gasteiger partial charge in [0.1, 0.15) is 5.60 Å². The van der Waals surface area contributed by atoms with Crippen LogP contribution >= 0.6 is 0 Å². The molecule has 17 heavy (non-hydrogen) atoms. The van der Waals surface area contributed by atoms with Gasteiger partial charge in [-0.15, -0.1) is 0 Å². The van der Waals surface area contributed by atoms with E-state index < -0.39 is 17.6 Å². The monoisotopic (exact) mass is 241 g/mol. The molecule has 2 aliphatic heterocycles. The van der Waals surface area contributed by atoms with Crippen molar-refractivity contribution >= 4 is 11.9 Å². The molecule has 1 N–H and O–H groups in total. The number of rotatable bonds is 1. The minimum Gasteiger partial charge on any atom is -0.444 e. The highest BCUT2D eigenvalue weighted by Crippen LogP contribution is 2.39. The molecule has 2 bridgehead atoms. The third-order valence-corrected chi connectivity index (χ3v) is 3.39.